The number of sulfone groups is 1. The van der Waals surface area contributed by atoms with E-state index in [0.29, 0.717) is 32.4 Å². The molecule has 26 heavy (non-hydrogen) atoms. The molecule has 0 saturated carbocycles. The van der Waals surface area contributed by atoms with Crippen molar-refractivity contribution in [3.05, 3.63) is 63.1 Å². The summed E-state index contributed by atoms with van der Waals surface area (Å²) < 4.78 is 26.3. The lowest BCUT2D eigenvalue weighted by atomic mass is 10.1. The van der Waals surface area contributed by atoms with E-state index in [1.165, 1.54) is 6.42 Å². The molecule has 1 aliphatic rings. The maximum Gasteiger partial charge on any atom is 0.182 e. The maximum atomic E-state index is 12.8. The summed E-state index contributed by atoms with van der Waals surface area (Å²) in [6, 6.07) is 12.3. The quantitative estimate of drug-likeness (QED) is 0.664. The summed E-state index contributed by atoms with van der Waals surface area (Å²) in [5.41, 5.74) is 1.68. The second kappa shape index (κ2) is 8.85. The van der Waals surface area contributed by atoms with Crippen LogP contribution in [0.4, 0.5) is 0 Å². The maximum absolute atomic E-state index is 12.8. The lowest BCUT2D eigenvalue weighted by Crippen LogP contribution is -2.24. The number of benzene rings is 2. The van der Waals surface area contributed by atoms with Crippen LogP contribution in [0, 0.1) is 5.92 Å². The minimum absolute atomic E-state index is 0.0601. The summed E-state index contributed by atoms with van der Waals surface area (Å²) in [5, 5.41) is 7.35. The van der Waals surface area contributed by atoms with Crippen molar-refractivity contribution in [1.82, 2.24) is 10.6 Å². The fraction of sp³-hybridized carbons (Fsp3) is 0.368. The van der Waals surface area contributed by atoms with Crippen molar-refractivity contribution in [2.75, 3.05) is 19.6 Å². The third-order valence-electron chi connectivity index (χ3n) is 4.54. The van der Waals surface area contributed by atoms with Crippen LogP contribution >= 0.6 is 27.5 Å². The zero-order chi connectivity index (χ0) is 18.6. The Morgan fingerprint density at radius 3 is 2.81 bits per heavy atom. The van der Waals surface area contributed by atoms with Crippen LogP contribution in [0.15, 0.2) is 51.8 Å². The molecule has 1 saturated heterocycles. The van der Waals surface area contributed by atoms with Crippen molar-refractivity contribution in [3.8, 4) is 0 Å². The summed E-state index contributed by atoms with van der Waals surface area (Å²) >= 11 is 9.32. The fourth-order valence-electron chi connectivity index (χ4n) is 3.08. The first-order valence-corrected chi connectivity index (χ1v) is 11.4. The molecule has 0 aromatic heterocycles. The highest BCUT2D eigenvalue weighted by Crippen LogP contribution is 2.26. The van der Waals surface area contributed by atoms with Crippen LogP contribution < -0.4 is 10.6 Å². The van der Waals surface area contributed by atoms with E-state index in [2.05, 4.69) is 26.6 Å². The number of nitrogens with one attached hydrogen (secondary N) is 2. The molecule has 0 radical (unpaired) electrons. The van der Waals surface area contributed by atoms with Gasteiger partial charge in [-0.1, -0.05) is 45.7 Å². The van der Waals surface area contributed by atoms with Gasteiger partial charge in [0.25, 0.3) is 0 Å². The zero-order valence-corrected chi connectivity index (χ0v) is 17.5. The number of hydrogen-bond acceptors (Lipinski definition) is 4. The van der Waals surface area contributed by atoms with Crippen molar-refractivity contribution >= 4 is 37.4 Å². The molecule has 1 fully saturated rings. The Balaban J connectivity index is 1.67. The van der Waals surface area contributed by atoms with E-state index in [-0.39, 0.29) is 5.75 Å². The molecule has 2 aromatic rings. The molecule has 0 spiro atoms. The van der Waals surface area contributed by atoms with Gasteiger partial charge in [-0.2, -0.15) is 0 Å². The lowest BCUT2D eigenvalue weighted by molar-refractivity contribution is 0.512. The molecule has 1 unspecified atom stereocenters. The van der Waals surface area contributed by atoms with E-state index in [4.69, 9.17) is 11.6 Å². The van der Waals surface area contributed by atoms with Gasteiger partial charge in [0.05, 0.1) is 10.6 Å². The lowest BCUT2D eigenvalue weighted by Gasteiger charge is -2.11. The molecular weight excluding hydrogens is 436 g/mol. The van der Waals surface area contributed by atoms with E-state index < -0.39 is 9.84 Å². The second-order valence-electron chi connectivity index (χ2n) is 6.63. The largest absolute Gasteiger partial charge is 0.316 e. The van der Waals surface area contributed by atoms with Crippen LogP contribution in [0.2, 0.25) is 5.02 Å². The highest BCUT2D eigenvalue weighted by atomic mass is 79.9. The molecule has 0 amide bonds. The van der Waals surface area contributed by atoms with Crippen LogP contribution in [-0.2, 0) is 22.1 Å². The average molecular weight is 458 g/mol. The molecule has 2 N–H and O–H groups in total. The average Bonchev–Trinajstić information content (AvgIpc) is 3.11. The highest BCUT2D eigenvalue weighted by Gasteiger charge is 2.18. The van der Waals surface area contributed by atoms with E-state index in [1.54, 1.807) is 36.4 Å². The molecule has 140 valence electrons. The summed E-state index contributed by atoms with van der Waals surface area (Å²) in [7, 11) is -3.42. The van der Waals surface area contributed by atoms with E-state index in [1.807, 2.05) is 6.07 Å². The van der Waals surface area contributed by atoms with E-state index in [9.17, 15) is 8.42 Å². The Labute approximate surface area is 168 Å². The molecule has 0 aliphatic carbocycles. The van der Waals surface area contributed by atoms with Crippen molar-refractivity contribution < 1.29 is 8.42 Å². The van der Waals surface area contributed by atoms with Gasteiger partial charge in [-0.3, -0.25) is 0 Å². The van der Waals surface area contributed by atoms with Crippen LogP contribution in [-0.4, -0.2) is 28.1 Å². The Kier molecular flexibility index (Phi) is 6.75. The van der Waals surface area contributed by atoms with Gasteiger partial charge in [0.2, 0.25) is 0 Å². The predicted octanol–water partition coefficient (Wildman–Crippen LogP) is 3.78. The van der Waals surface area contributed by atoms with Gasteiger partial charge in [-0.15, -0.1) is 0 Å². The summed E-state index contributed by atoms with van der Waals surface area (Å²) in [6.45, 7) is 3.75. The van der Waals surface area contributed by atoms with Crippen LogP contribution in [0.3, 0.4) is 0 Å². The molecule has 1 aliphatic heterocycles. The Hall–Kier alpha value is -0.920. The molecular formula is C19H22BrClN2O2S. The summed E-state index contributed by atoms with van der Waals surface area (Å²) in [5.74, 6) is 0.596. The first kappa shape index (κ1) is 19.8. The topological polar surface area (TPSA) is 58.2 Å². The summed E-state index contributed by atoms with van der Waals surface area (Å²) in [4.78, 5) is 0.348. The molecule has 0 bridgehead atoms. The van der Waals surface area contributed by atoms with Gasteiger partial charge in [-0.05, 0) is 67.4 Å². The molecule has 3 rings (SSSR count). The molecule has 4 nitrogen and oxygen atoms in total. The third kappa shape index (κ3) is 5.30. The minimum Gasteiger partial charge on any atom is -0.316 e. The van der Waals surface area contributed by atoms with Crippen molar-refractivity contribution in [3.63, 3.8) is 0 Å². The second-order valence-corrected chi connectivity index (χ2v) is 9.91. The minimum atomic E-state index is -3.42. The van der Waals surface area contributed by atoms with Gasteiger partial charge in [0.15, 0.2) is 9.84 Å². The monoisotopic (exact) mass is 456 g/mol. The van der Waals surface area contributed by atoms with Crippen molar-refractivity contribution in [1.29, 1.82) is 0 Å². The van der Waals surface area contributed by atoms with Crippen LogP contribution in [0.1, 0.15) is 17.5 Å². The molecule has 1 heterocycles. The fourth-order valence-corrected chi connectivity index (χ4v) is 5.54. The summed E-state index contributed by atoms with van der Waals surface area (Å²) in [6.07, 6.45) is 1.19. The van der Waals surface area contributed by atoms with E-state index in [0.717, 1.165) is 25.2 Å². The van der Waals surface area contributed by atoms with Gasteiger partial charge in [0.1, 0.15) is 0 Å². The predicted molar refractivity (Wildman–Crippen MR) is 109 cm³/mol. The van der Waals surface area contributed by atoms with Gasteiger partial charge in [-0.25, -0.2) is 8.42 Å². The Bertz CT molecular complexity index is 868. The van der Waals surface area contributed by atoms with Gasteiger partial charge < -0.3 is 10.6 Å². The normalized spacial score (nSPS) is 17.5. The van der Waals surface area contributed by atoms with Gasteiger partial charge in [0, 0.05) is 16.0 Å². The Morgan fingerprint density at radius 1 is 1.23 bits per heavy atom. The van der Waals surface area contributed by atoms with Crippen LogP contribution in [0.5, 0.6) is 0 Å². The standard InChI is InChI=1S/C19H22BrClN2O2S/c20-19-9-17(21)5-4-16(19)13-26(24,25)18-3-1-2-14(8-18)10-23-12-15-6-7-22-11-15/h1-5,8-9,15,22-23H,6-7,10-13H2. The highest BCUT2D eigenvalue weighted by molar-refractivity contribution is 9.10. The number of rotatable bonds is 7. The first-order valence-electron chi connectivity index (χ1n) is 8.61. The number of hydrogen-bond donors (Lipinski definition) is 2. The number of halogens is 2. The molecule has 1 atom stereocenters. The van der Waals surface area contributed by atoms with Crippen LogP contribution in [0.25, 0.3) is 0 Å². The van der Waals surface area contributed by atoms with Gasteiger partial charge >= 0.3 is 0 Å². The van der Waals surface area contributed by atoms with Crippen molar-refractivity contribution in [2.45, 2.75) is 23.6 Å². The zero-order valence-electron chi connectivity index (χ0n) is 14.3. The SMILES string of the molecule is O=S(=O)(Cc1ccc(Cl)cc1Br)c1cccc(CNCC2CCNC2)c1. The first-order chi connectivity index (χ1) is 12.4. The molecule has 2 aromatic carbocycles. The van der Waals surface area contributed by atoms with E-state index >= 15 is 0 Å². The third-order valence-corrected chi connectivity index (χ3v) is 7.18. The smallest absolute Gasteiger partial charge is 0.182 e. The van der Waals surface area contributed by atoms with Crippen molar-refractivity contribution in [2.24, 2.45) is 5.92 Å². The Morgan fingerprint density at radius 2 is 2.08 bits per heavy atom. The molecule has 7 heteroatoms.